The summed E-state index contributed by atoms with van der Waals surface area (Å²) in [6.07, 6.45) is 0.0179. The fraction of sp³-hybridized carbons (Fsp3) is 0.692. The second-order valence-electron chi connectivity index (χ2n) is 4.09. The maximum Gasteiger partial charge on any atom is 0.319 e. The average molecular weight is 269 g/mol. The van der Waals surface area contributed by atoms with E-state index in [1.54, 1.807) is 6.92 Å². The number of carbonyl (C=O) groups excluding carboxylic acids is 3. The lowest BCUT2D eigenvalue weighted by atomic mass is 9.76. The van der Waals surface area contributed by atoms with Crippen molar-refractivity contribution in [3.05, 3.63) is 0 Å². The van der Waals surface area contributed by atoms with Gasteiger partial charge in [0.15, 0.2) is 0 Å². The Morgan fingerprint density at radius 3 is 2.32 bits per heavy atom. The Labute approximate surface area is 112 Å². The highest BCUT2D eigenvalue weighted by molar-refractivity contribution is 6.03. The minimum Gasteiger partial charge on any atom is -0.469 e. The van der Waals surface area contributed by atoms with Gasteiger partial charge in [-0.1, -0.05) is 0 Å². The van der Waals surface area contributed by atoms with E-state index < -0.39 is 23.1 Å². The highest BCUT2D eigenvalue weighted by Crippen LogP contribution is 2.33. The van der Waals surface area contributed by atoms with Gasteiger partial charge in [0.1, 0.15) is 11.2 Å². The van der Waals surface area contributed by atoms with Crippen LogP contribution in [0.15, 0.2) is 0 Å². The average Bonchev–Trinajstić information content (AvgIpc) is 2.38. The molecule has 0 radical (unpaired) electrons. The molecule has 0 aliphatic rings. The second kappa shape index (κ2) is 8.25. The van der Waals surface area contributed by atoms with E-state index in [4.69, 9.17) is 10.00 Å². The van der Waals surface area contributed by atoms with Crippen LogP contribution in [-0.2, 0) is 23.9 Å². The van der Waals surface area contributed by atoms with Crippen LogP contribution in [0.5, 0.6) is 0 Å². The van der Waals surface area contributed by atoms with Crippen LogP contribution in [0.25, 0.3) is 0 Å². The first-order valence-electron chi connectivity index (χ1n) is 6.06. The first kappa shape index (κ1) is 17.1. The smallest absolute Gasteiger partial charge is 0.319 e. The molecule has 0 aliphatic carbocycles. The molecule has 0 aromatic heterocycles. The normalized spacial score (nSPS) is 12.9. The molecule has 106 valence electrons. The predicted molar refractivity (Wildman–Crippen MR) is 65.8 cm³/mol. The molecule has 0 saturated carbocycles. The monoisotopic (exact) mass is 269 g/mol. The highest BCUT2D eigenvalue weighted by atomic mass is 16.5. The summed E-state index contributed by atoms with van der Waals surface area (Å²) in [5.74, 6) is -1.58. The van der Waals surface area contributed by atoms with Gasteiger partial charge in [-0.05, 0) is 26.7 Å². The molecule has 0 unspecified atom stereocenters. The highest BCUT2D eigenvalue weighted by Gasteiger charge is 2.44. The number of carbonyl (C=O) groups is 3. The van der Waals surface area contributed by atoms with Crippen LogP contribution >= 0.6 is 0 Å². The van der Waals surface area contributed by atoms with Gasteiger partial charge in [0.2, 0.25) is 0 Å². The number of Topliss-reactive ketones (excluding diaryl/α,β-unsaturated/α-hetero) is 1. The molecule has 0 aromatic rings. The van der Waals surface area contributed by atoms with E-state index >= 15 is 0 Å². The predicted octanol–water partition coefficient (Wildman–Crippen LogP) is 1.38. The van der Waals surface area contributed by atoms with E-state index in [9.17, 15) is 14.4 Å². The third-order valence-electron chi connectivity index (χ3n) is 2.99. The molecule has 0 aliphatic heterocycles. The number of ketones is 1. The molecule has 6 nitrogen and oxygen atoms in total. The number of rotatable bonds is 8. The minimum atomic E-state index is -1.43. The summed E-state index contributed by atoms with van der Waals surface area (Å²) < 4.78 is 9.41. The SMILES string of the molecule is CCOC(=O)[C@@](CCC#N)(CCC(=O)OC)C(C)=O. The van der Waals surface area contributed by atoms with Crippen molar-refractivity contribution in [1.29, 1.82) is 5.26 Å². The maximum atomic E-state index is 12.0. The summed E-state index contributed by atoms with van der Waals surface area (Å²) in [6, 6.07) is 1.90. The Morgan fingerprint density at radius 2 is 1.89 bits per heavy atom. The van der Waals surface area contributed by atoms with E-state index in [-0.39, 0.29) is 32.3 Å². The van der Waals surface area contributed by atoms with Crippen LogP contribution in [0.4, 0.5) is 0 Å². The van der Waals surface area contributed by atoms with Crippen LogP contribution in [0, 0.1) is 16.7 Å². The molecule has 0 N–H and O–H groups in total. The van der Waals surface area contributed by atoms with E-state index in [0.29, 0.717) is 0 Å². The number of nitriles is 1. The van der Waals surface area contributed by atoms with Crippen molar-refractivity contribution in [3.63, 3.8) is 0 Å². The number of esters is 2. The topological polar surface area (TPSA) is 93.5 Å². The standard InChI is InChI=1S/C13H19NO5/c1-4-19-12(17)13(10(2)15,7-5-9-14)8-6-11(16)18-3/h4-8H2,1-3H3/t13-/m0/s1. The summed E-state index contributed by atoms with van der Waals surface area (Å²) in [5, 5.41) is 8.64. The Kier molecular flexibility index (Phi) is 7.42. The molecular weight excluding hydrogens is 250 g/mol. The van der Waals surface area contributed by atoms with Gasteiger partial charge < -0.3 is 9.47 Å². The zero-order valence-corrected chi connectivity index (χ0v) is 11.5. The molecule has 0 spiro atoms. The first-order chi connectivity index (χ1) is 8.94. The summed E-state index contributed by atoms with van der Waals surface area (Å²) in [7, 11) is 1.23. The van der Waals surface area contributed by atoms with Gasteiger partial charge >= 0.3 is 11.9 Å². The van der Waals surface area contributed by atoms with E-state index in [2.05, 4.69) is 4.74 Å². The fourth-order valence-corrected chi connectivity index (χ4v) is 1.78. The summed E-state index contributed by atoms with van der Waals surface area (Å²) >= 11 is 0. The van der Waals surface area contributed by atoms with Gasteiger partial charge in [-0.15, -0.1) is 0 Å². The van der Waals surface area contributed by atoms with Crippen molar-refractivity contribution in [3.8, 4) is 6.07 Å². The Hall–Kier alpha value is -1.90. The molecule has 0 aromatic carbocycles. The van der Waals surface area contributed by atoms with Crippen LogP contribution < -0.4 is 0 Å². The van der Waals surface area contributed by atoms with Crippen molar-refractivity contribution >= 4 is 17.7 Å². The molecule has 0 heterocycles. The molecule has 6 heteroatoms. The zero-order valence-electron chi connectivity index (χ0n) is 11.5. The lowest BCUT2D eigenvalue weighted by Crippen LogP contribution is -2.40. The van der Waals surface area contributed by atoms with Crippen LogP contribution in [0.3, 0.4) is 0 Å². The molecule has 0 fully saturated rings. The van der Waals surface area contributed by atoms with Gasteiger partial charge in [-0.3, -0.25) is 14.4 Å². The van der Waals surface area contributed by atoms with Crippen molar-refractivity contribution in [1.82, 2.24) is 0 Å². The second-order valence-corrected chi connectivity index (χ2v) is 4.09. The summed E-state index contributed by atoms with van der Waals surface area (Å²) in [5.41, 5.74) is -1.43. The van der Waals surface area contributed by atoms with Gasteiger partial charge in [0, 0.05) is 12.8 Å². The Morgan fingerprint density at radius 1 is 1.26 bits per heavy atom. The lowest BCUT2D eigenvalue weighted by molar-refractivity contribution is -0.161. The molecule has 1 atom stereocenters. The number of ether oxygens (including phenoxy) is 2. The molecular formula is C13H19NO5. The summed E-state index contributed by atoms with van der Waals surface area (Å²) in [4.78, 5) is 35.0. The van der Waals surface area contributed by atoms with Gasteiger partial charge in [-0.2, -0.15) is 5.26 Å². The zero-order chi connectivity index (χ0) is 14.9. The fourth-order valence-electron chi connectivity index (χ4n) is 1.78. The molecule has 19 heavy (non-hydrogen) atoms. The molecule has 0 rings (SSSR count). The largest absolute Gasteiger partial charge is 0.469 e. The Balaban J connectivity index is 5.14. The third-order valence-corrected chi connectivity index (χ3v) is 2.99. The molecule has 0 bridgehead atoms. The lowest BCUT2D eigenvalue weighted by Gasteiger charge is -2.27. The quantitative estimate of drug-likeness (QED) is 0.488. The van der Waals surface area contributed by atoms with Crippen molar-refractivity contribution in [2.75, 3.05) is 13.7 Å². The van der Waals surface area contributed by atoms with Crippen LogP contribution in [-0.4, -0.2) is 31.4 Å². The number of methoxy groups -OCH3 is 1. The Bertz CT molecular complexity index is 385. The van der Waals surface area contributed by atoms with Gasteiger partial charge in [0.25, 0.3) is 0 Å². The number of nitrogens with zero attached hydrogens (tertiary/aromatic N) is 1. The van der Waals surface area contributed by atoms with Crippen molar-refractivity contribution in [2.24, 2.45) is 5.41 Å². The van der Waals surface area contributed by atoms with Gasteiger partial charge in [-0.25, -0.2) is 0 Å². The molecule has 0 amide bonds. The van der Waals surface area contributed by atoms with Crippen molar-refractivity contribution < 1.29 is 23.9 Å². The summed E-state index contributed by atoms with van der Waals surface area (Å²) in [6.45, 7) is 3.04. The van der Waals surface area contributed by atoms with Gasteiger partial charge in [0.05, 0.1) is 19.8 Å². The number of hydrogen-bond acceptors (Lipinski definition) is 6. The first-order valence-corrected chi connectivity index (χ1v) is 6.06. The third kappa shape index (κ3) is 4.70. The number of hydrogen-bond donors (Lipinski definition) is 0. The van der Waals surface area contributed by atoms with E-state index in [1.807, 2.05) is 6.07 Å². The maximum absolute atomic E-state index is 12.0. The van der Waals surface area contributed by atoms with Crippen LogP contribution in [0.1, 0.15) is 39.5 Å². The minimum absolute atomic E-state index is 0.00444. The van der Waals surface area contributed by atoms with E-state index in [1.165, 1.54) is 14.0 Å². The van der Waals surface area contributed by atoms with Crippen LogP contribution in [0.2, 0.25) is 0 Å². The van der Waals surface area contributed by atoms with E-state index in [0.717, 1.165) is 0 Å². The molecule has 0 saturated heterocycles. The van der Waals surface area contributed by atoms with Crippen molar-refractivity contribution in [2.45, 2.75) is 39.5 Å².